The van der Waals surface area contributed by atoms with Gasteiger partial charge >= 0.3 is 0 Å². The quantitative estimate of drug-likeness (QED) is 0.288. The van der Waals surface area contributed by atoms with Gasteiger partial charge in [-0.25, -0.2) is 0 Å². The van der Waals surface area contributed by atoms with Crippen LogP contribution in [-0.4, -0.2) is 83.2 Å². The van der Waals surface area contributed by atoms with Crippen molar-refractivity contribution in [2.24, 2.45) is 17.8 Å². The van der Waals surface area contributed by atoms with Gasteiger partial charge in [0.05, 0.1) is 17.4 Å². The molecule has 0 radical (unpaired) electrons. The number of aryl methyl sites for hydroxylation is 2. The van der Waals surface area contributed by atoms with Gasteiger partial charge in [0.15, 0.2) is 0 Å². The molecule has 1 aromatic rings. The number of hydrogen-bond donors (Lipinski definition) is 1. The molecule has 41 heavy (non-hydrogen) atoms. The minimum atomic E-state index is -1.10. The molecule has 8 nitrogen and oxygen atoms in total. The van der Waals surface area contributed by atoms with Crippen LogP contribution in [0, 0.1) is 31.6 Å². The normalized spacial score (nSPS) is 29.9. The van der Waals surface area contributed by atoms with Crippen LogP contribution in [-0.2, 0) is 19.1 Å². The second kappa shape index (κ2) is 12.1. The molecule has 2 bridgehead atoms. The zero-order valence-corrected chi connectivity index (χ0v) is 25.4. The number of benzene rings is 1. The van der Waals surface area contributed by atoms with Crippen LogP contribution in [0.15, 0.2) is 43.5 Å². The van der Waals surface area contributed by atoms with Gasteiger partial charge in [-0.2, -0.15) is 0 Å². The summed E-state index contributed by atoms with van der Waals surface area (Å²) in [5, 5.41) is 9.21. The fraction of sp³-hybridized carbons (Fsp3) is 0.606. The minimum absolute atomic E-state index is 0.0222. The second-order valence-electron chi connectivity index (χ2n) is 12.4. The third-order valence-electron chi connectivity index (χ3n) is 9.63. The zero-order valence-electron chi connectivity index (χ0n) is 25.4. The first-order valence-electron chi connectivity index (χ1n) is 14.9. The average molecular weight is 566 g/mol. The van der Waals surface area contributed by atoms with Crippen molar-refractivity contribution in [1.29, 1.82) is 0 Å². The molecule has 0 aromatic heterocycles. The van der Waals surface area contributed by atoms with Crippen molar-refractivity contribution in [2.45, 2.75) is 77.0 Å². The first-order chi connectivity index (χ1) is 19.5. The van der Waals surface area contributed by atoms with E-state index in [-0.39, 0.29) is 36.8 Å². The van der Waals surface area contributed by atoms with Gasteiger partial charge in [0.2, 0.25) is 11.8 Å². The van der Waals surface area contributed by atoms with Gasteiger partial charge in [-0.1, -0.05) is 44.1 Å². The first-order valence-corrected chi connectivity index (χ1v) is 14.9. The number of hydrogen-bond acceptors (Lipinski definition) is 5. The summed E-state index contributed by atoms with van der Waals surface area (Å²) in [6.07, 6.45) is 6.98. The molecule has 3 aliphatic heterocycles. The van der Waals surface area contributed by atoms with Crippen LogP contribution < -0.4 is 4.90 Å². The molecule has 3 unspecified atom stereocenters. The number of fused-ring (bicyclic) bond motifs is 1. The number of ether oxygens (including phenoxy) is 1. The van der Waals surface area contributed by atoms with Gasteiger partial charge < -0.3 is 24.5 Å². The Balaban J connectivity index is 1.80. The molecule has 224 valence electrons. The van der Waals surface area contributed by atoms with Gasteiger partial charge in [-0.15, -0.1) is 13.2 Å². The Morgan fingerprint density at radius 2 is 1.80 bits per heavy atom. The predicted molar refractivity (Wildman–Crippen MR) is 160 cm³/mol. The summed E-state index contributed by atoms with van der Waals surface area (Å²) in [5.74, 6) is -1.97. The molecule has 3 aliphatic rings. The Hall–Kier alpha value is -2.97. The van der Waals surface area contributed by atoms with E-state index in [1.165, 1.54) is 0 Å². The predicted octanol–water partition coefficient (Wildman–Crippen LogP) is 4.03. The van der Waals surface area contributed by atoms with Crippen LogP contribution in [0.5, 0.6) is 0 Å². The van der Waals surface area contributed by atoms with Gasteiger partial charge in [-0.3, -0.25) is 14.4 Å². The molecule has 0 aliphatic carbocycles. The maximum atomic E-state index is 14.8. The van der Waals surface area contributed by atoms with E-state index < -0.39 is 29.1 Å². The van der Waals surface area contributed by atoms with Gasteiger partial charge in [-0.05, 0) is 63.1 Å². The minimum Gasteiger partial charge on any atom is -0.396 e. The van der Waals surface area contributed by atoms with Crippen LogP contribution in [0.2, 0.25) is 0 Å². The molecule has 4 rings (SSSR count). The van der Waals surface area contributed by atoms with Crippen molar-refractivity contribution in [3.05, 3.63) is 54.6 Å². The fourth-order valence-electron chi connectivity index (χ4n) is 7.50. The summed E-state index contributed by atoms with van der Waals surface area (Å²) < 4.78 is 6.90. The van der Waals surface area contributed by atoms with Crippen molar-refractivity contribution in [2.75, 3.05) is 38.2 Å². The van der Waals surface area contributed by atoms with Crippen LogP contribution in [0.4, 0.5) is 5.69 Å². The number of carbonyl (C=O) groups is 3. The molecular weight excluding hydrogens is 518 g/mol. The van der Waals surface area contributed by atoms with E-state index in [0.29, 0.717) is 32.4 Å². The third-order valence-corrected chi connectivity index (χ3v) is 9.63. The zero-order chi connectivity index (χ0) is 30.1. The molecule has 3 amide bonds. The van der Waals surface area contributed by atoms with Crippen molar-refractivity contribution >= 4 is 23.4 Å². The van der Waals surface area contributed by atoms with E-state index >= 15 is 0 Å². The number of rotatable bonds is 13. The Kier molecular flexibility index (Phi) is 9.14. The van der Waals surface area contributed by atoms with Gasteiger partial charge in [0.25, 0.3) is 5.91 Å². The lowest BCUT2D eigenvalue weighted by Crippen LogP contribution is -2.57. The molecule has 3 fully saturated rings. The number of amides is 3. The summed E-state index contributed by atoms with van der Waals surface area (Å²) in [6, 6.07) is 5.15. The highest BCUT2D eigenvalue weighted by molar-refractivity contribution is 6.05. The number of carbonyl (C=O) groups excluding carboxylic acids is 3. The van der Waals surface area contributed by atoms with Crippen molar-refractivity contribution in [1.82, 2.24) is 9.80 Å². The van der Waals surface area contributed by atoms with Crippen LogP contribution in [0.1, 0.15) is 57.1 Å². The SMILES string of the molecule is C=CCN(C)C(=O)[C@H]1[C@H]2C(=O)N(CCCCCCO)C(C(=O)N(CC=C)c3cc(C)ccc3C)C23CC(C)[C@]1(C)O3. The molecule has 0 saturated carbocycles. The number of likely N-dealkylation sites (tertiary alicyclic amines) is 1. The third kappa shape index (κ3) is 5.14. The van der Waals surface area contributed by atoms with E-state index in [0.717, 1.165) is 29.7 Å². The van der Waals surface area contributed by atoms with Crippen molar-refractivity contribution < 1.29 is 24.2 Å². The maximum Gasteiger partial charge on any atom is 0.253 e. The first kappa shape index (κ1) is 31.0. The van der Waals surface area contributed by atoms with Crippen molar-refractivity contribution in [3.8, 4) is 0 Å². The maximum absolute atomic E-state index is 14.8. The van der Waals surface area contributed by atoms with E-state index in [1.54, 1.807) is 33.9 Å². The number of nitrogens with zero attached hydrogens (tertiary/aromatic N) is 3. The summed E-state index contributed by atoms with van der Waals surface area (Å²) >= 11 is 0. The van der Waals surface area contributed by atoms with Crippen molar-refractivity contribution in [3.63, 3.8) is 0 Å². The lowest BCUT2D eigenvalue weighted by Gasteiger charge is -2.38. The highest BCUT2D eigenvalue weighted by Gasteiger charge is 2.80. The number of unbranched alkanes of at least 4 members (excludes halogenated alkanes) is 3. The van der Waals surface area contributed by atoms with Crippen LogP contribution in [0.25, 0.3) is 0 Å². The molecule has 3 heterocycles. The molecule has 3 saturated heterocycles. The second-order valence-corrected chi connectivity index (χ2v) is 12.4. The molecule has 1 spiro atoms. The molecule has 6 atom stereocenters. The Bertz CT molecular complexity index is 1200. The average Bonchev–Trinajstić information content (AvgIpc) is 3.44. The Labute approximate surface area is 245 Å². The number of anilines is 1. The van der Waals surface area contributed by atoms with E-state index in [1.807, 2.05) is 39.0 Å². The summed E-state index contributed by atoms with van der Waals surface area (Å²) in [7, 11) is 1.73. The van der Waals surface area contributed by atoms with Gasteiger partial charge in [0, 0.05) is 39.0 Å². The van der Waals surface area contributed by atoms with E-state index in [9.17, 15) is 19.5 Å². The smallest absolute Gasteiger partial charge is 0.253 e. The lowest BCUT2D eigenvalue weighted by atomic mass is 9.62. The standard InChI is InChI=1S/C33H47N3O5/c1-8-16-34(7)29(38)26-27-30(39)36(18-12-10-11-13-19-37)28(33(27)21-24(5)32(26,6)41-33)31(40)35(17-9-2)25-20-22(3)14-15-23(25)4/h8-9,14-15,20,24,26-28,37H,1-2,10-13,16-19,21H2,3-7H3/t24?,26-,27+,28?,32+,33?/m1/s1. The Morgan fingerprint density at radius 3 is 2.46 bits per heavy atom. The van der Waals surface area contributed by atoms with Crippen LogP contribution in [0.3, 0.4) is 0 Å². The summed E-state index contributed by atoms with van der Waals surface area (Å²) in [4.78, 5) is 48.2. The number of aliphatic hydroxyl groups excluding tert-OH is 1. The molecule has 1 aromatic carbocycles. The van der Waals surface area contributed by atoms with E-state index in [4.69, 9.17) is 4.74 Å². The summed E-state index contributed by atoms with van der Waals surface area (Å²) in [6.45, 7) is 16.9. The monoisotopic (exact) mass is 565 g/mol. The number of aliphatic hydroxyl groups is 1. The fourth-order valence-corrected chi connectivity index (χ4v) is 7.50. The molecular formula is C33H47N3O5. The van der Waals surface area contributed by atoms with E-state index in [2.05, 4.69) is 20.1 Å². The highest BCUT2D eigenvalue weighted by atomic mass is 16.5. The summed E-state index contributed by atoms with van der Waals surface area (Å²) in [5.41, 5.74) is 0.814. The topological polar surface area (TPSA) is 90.4 Å². The van der Waals surface area contributed by atoms with Gasteiger partial charge in [0.1, 0.15) is 11.6 Å². The number of likely N-dealkylation sites (N-methyl/N-ethyl adjacent to an activating group) is 1. The molecule has 1 N–H and O–H groups in total. The highest BCUT2D eigenvalue weighted by Crippen LogP contribution is 2.65. The molecule has 8 heteroatoms. The van der Waals surface area contributed by atoms with Crippen LogP contribution >= 0.6 is 0 Å². The Morgan fingerprint density at radius 1 is 1.12 bits per heavy atom. The largest absolute Gasteiger partial charge is 0.396 e. The lowest BCUT2D eigenvalue weighted by molar-refractivity contribution is -0.150.